The number of fused-ring (bicyclic) bond motifs is 1. The monoisotopic (exact) mass is 263 g/mol. The van der Waals surface area contributed by atoms with Gasteiger partial charge in [-0.2, -0.15) is 0 Å². The molecular formula is C13H17N3O3. The van der Waals surface area contributed by atoms with E-state index in [-0.39, 0.29) is 12.6 Å². The van der Waals surface area contributed by atoms with Crippen molar-refractivity contribution < 1.29 is 14.3 Å². The van der Waals surface area contributed by atoms with Crippen molar-refractivity contribution in [1.82, 2.24) is 9.13 Å². The van der Waals surface area contributed by atoms with Crippen molar-refractivity contribution in [2.24, 2.45) is 12.8 Å². The number of nitrogens with zero attached hydrogens (tertiary/aromatic N) is 2. The number of rotatable bonds is 4. The summed E-state index contributed by atoms with van der Waals surface area (Å²) in [5.74, 6) is -0.951. The van der Waals surface area contributed by atoms with E-state index >= 15 is 0 Å². The minimum atomic E-state index is -0.500. The number of primary amides is 1. The van der Waals surface area contributed by atoms with E-state index in [4.69, 9.17) is 10.5 Å². The normalized spacial score (nSPS) is 11.2. The van der Waals surface area contributed by atoms with E-state index in [2.05, 4.69) is 0 Å². The molecule has 0 aromatic carbocycles. The minimum Gasteiger partial charge on any atom is -0.458 e. The second-order valence-corrected chi connectivity index (χ2v) is 4.73. The molecule has 0 aliphatic rings. The first-order valence-electron chi connectivity index (χ1n) is 6.04. The Hall–Kier alpha value is -2.24. The van der Waals surface area contributed by atoms with Gasteiger partial charge >= 0.3 is 5.97 Å². The summed E-state index contributed by atoms with van der Waals surface area (Å²) in [4.78, 5) is 23.2. The quantitative estimate of drug-likeness (QED) is 0.837. The van der Waals surface area contributed by atoms with Crippen LogP contribution in [-0.4, -0.2) is 27.1 Å². The van der Waals surface area contributed by atoms with E-state index in [1.54, 1.807) is 24.5 Å². The molecular weight excluding hydrogens is 246 g/mol. The fraction of sp³-hybridized carbons (Fsp3) is 0.385. The molecule has 0 fully saturated rings. The van der Waals surface area contributed by atoms with Gasteiger partial charge in [0.2, 0.25) is 5.91 Å². The maximum absolute atomic E-state index is 12.0. The number of hydrogen-bond donors (Lipinski definition) is 1. The van der Waals surface area contributed by atoms with Gasteiger partial charge in [-0.05, 0) is 26.0 Å². The van der Waals surface area contributed by atoms with Gasteiger partial charge in [-0.3, -0.25) is 4.79 Å². The highest BCUT2D eigenvalue weighted by molar-refractivity contribution is 5.96. The third kappa shape index (κ3) is 2.47. The van der Waals surface area contributed by atoms with Crippen LogP contribution in [0.2, 0.25) is 0 Å². The average Bonchev–Trinajstić information content (AvgIpc) is 2.79. The molecule has 2 aromatic rings. The topological polar surface area (TPSA) is 79.2 Å². The Morgan fingerprint density at radius 2 is 2.05 bits per heavy atom. The van der Waals surface area contributed by atoms with E-state index in [1.165, 1.54) is 0 Å². The third-order valence-electron chi connectivity index (χ3n) is 2.82. The lowest BCUT2D eigenvalue weighted by Crippen LogP contribution is -2.23. The molecule has 19 heavy (non-hydrogen) atoms. The van der Waals surface area contributed by atoms with Crippen LogP contribution in [0.25, 0.3) is 11.0 Å². The summed E-state index contributed by atoms with van der Waals surface area (Å²) in [6.07, 6.45) is 1.65. The molecule has 0 atom stereocenters. The molecule has 102 valence electrons. The molecule has 6 nitrogen and oxygen atoms in total. The molecule has 0 aliphatic carbocycles. The summed E-state index contributed by atoms with van der Waals surface area (Å²) in [6, 6.07) is 3.55. The average molecular weight is 263 g/mol. The third-order valence-corrected chi connectivity index (χ3v) is 2.82. The van der Waals surface area contributed by atoms with Crippen molar-refractivity contribution >= 4 is 22.9 Å². The molecule has 2 aromatic heterocycles. The Morgan fingerprint density at radius 1 is 1.37 bits per heavy atom. The first-order chi connectivity index (χ1) is 8.90. The number of hydrogen-bond acceptors (Lipinski definition) is 3. The maximum Gasteiger partial charge on any atom is 0.355 e. The Bertz CT molecular complexity index is 637. The molecule has 0 saturated carbocycles. The largest absolute Gasteiger partial charge is 0.458 e. The number of aryl methyl sites for hydroxylation is 1. The van der Waals surface area contributed by atoms with Gasteiger partial charge in [-0.1, -0.05) is 0 Å². The summed E-state index contributed by atoms with van der Waals surface area (Å²) >= 11 is 0. The predicted molar refractivity (Wildman–Crippen MR) is 70.7 cm³/mol. The predicted octanol–water partition coefficient (Wildman–Crippen LogP) is 1.03. The number of aromatic nitrogens is 2. The van der Waals surface area contributed by atoms with Crippen LogP contribution >= 0.6 is 0 Å². The van der Waals surface area contributed by atoms with Gasteiger partial charge < -0.3 is 19.6 Å². The highest BCUT2D eigenvalue weighted by atomic mass is 16.5. The van der Waals surface area contributed by atoms with Crippen LogP contribution in [0, 0.1) is 0 Å². The molecule has 2 heterocycles. The highest BCUT2D eigenvalue weighted by Gasteiger charge is 2.20. The Labute approximate surface area is 110 Å². The molecule has 1 amide bonds. The Morgan fingerprint density at radius 3 is 2.63 bits per heavy atom. The molecule has 0 saturated heterocycles. The van der Waals surface area contributed by atoms with Gasteiger partial charge in [0.1, 0.15) is 12.2 Å². The molecule has 0 bridgehead atoms. The summed E-state index contributed by atoms with van der Waals surface area (Å²) in [5.41, 5.74) is 7.22. The number of ether oxygens (including phenoxy) is 1. The second kappa shape index (κ2) is 4.79. The van der Waals surface area contributed by atoms with Crippen LogP contribution in [0.1, 0.15) is 24.3 Å². The Balaban J connectivity index is 2.52. The molecule has 0 radical (unpaired) electrons. The minimum absolute atomic E-state index is 0.0456. The number of carbonyl (C=O) groups is 2. The van der Waals surface area contributed by atoms with Crippen LogP contribution in [-0.2, 0) is 23.1 Å². The Kier molecular flexibility index (Phi) is 3.33. The van der Waals surface area contributed by atoms with Crippen molar-refractivity contribution in [2.45, 2.75) is 26.5 Å². The zero-order valence-corrected chi connectivity index (χ0v) is 11.2. The van der Waals surface area contributed by atoms with Gasteiger partial charge in [0.15, 0.2) is 0 Å². The molecule has 2 N–H and O–H groups in total. The fourth-order valence-electron chi connectivity index (χ4n) is 2.04. The van der Waals surface area contributed by atoms with Crippen molar-refractivity contribution in [3.05, 3.63) is 24.0 Å². The summed E-state index contributed by atoms with van der Waals surface area (Å²) in [6.45, 7) is 3.51. The van der Waals surface area contributed by atoms with Crippen LogP contribution < -0.4 is 5.73 Å². The molecule has 0 aliphatic heterocycles. The number of carbonyl (C=O) groups excluding carboxylic acids is 2. The number of esters is 1. The van der Waals surface area contributed by atoms with E-state index < -0.39 is 11.9 Å². The lowest BCUT2D eigenvalue weighted by Gasteiger charge is -2.10. The maximum atomic E-state index is 12.0. The zero-order valence-electron chi connectivity index (χ0n) is 11.2. The summed E-state index contributed by atoms with van der Waals surface area (Å²) in [7, 11) is 1.87. The standard InChI is InChI=1S/C13H17N3O3/c1-8(2)19-13(18)11-6-10-9(4-5-15(10)3)16(11)7-12(14)17/h4-6,8H,7H2,1-3H3,(H2,14,17). The van der Waals surface area contributed by atoms with Crippen molar-refractivity contribution in [2.75, 3.05) is 0 Å². The van der Waals surface area contributed by atoms with Crippen LogP contribution in [0.5, 0.6) is 0 Å². The first-order valence-corrected chi connectivity index (χ1v) is 6.04. The van der Waals surface area contributed by atoms with Crippen molar-refractivity contribution in [1.29, 1.82) is 0 Å². The van der Waals surface area contributed by atoms with Gasteiger partial charge in [0, 0.05) is 13.2 Å². The lowest BCUT2D eigenvalue weighted by atomic mass is 10.4. The molecule has 0 spiro atoms. The molecule has 2 rings (SSSR count). The number of amides is 1. The van der Waals surface area contributed by atoms with Gasteiger partial charge in [0.05, 0.1) is 17.1 Å². The SMILES string of the molecule is CC(C)OC(=O)c1cc2c(ccn2C)n1CC(N)=O. The van der Waals surface area contributed by atoms with E-state index in [0.29, 0.717) is 5.69 Å². The molecule has 0 unspecified atom stereocenters. The van der Waals surface area contributed by atoms with E-state index in [1.807, 2.05) is 23.9 Å². The van der Waals surface area contributed by atoms with Crippen LogP contribution in [0.3, 0.4) is 0 Å². The van der Waals surface area contributed by atoms with Crippen LogP contribution in [0.15, 0.2) is 18.3 Å². The fourth-order valence-corrected chi connectivity index (χ4v) is 2.04. The molecule has 6 heteroatoms. The van der Waals surface area contributed by atoms with E-state index in [9.17, 15) is 9.59 Å². The van der Waals surface area contributed by atoms with Crippen LogP contribution in [0.4, 0.5) is 0 Å². The van der Waals surface area contributed by atoms with Gasteiger partial charge in [-0.25, -0.2) is 4.79 Å². The van der Waals surface area contributed by atoms with Crippen molar-refractivity contribution in [3.63, 3.8) is 0 Å². The summed E-state index contributed by atoms with van der Waals surface area (Å²) < 4.78 is 8.64. The van der Waals surface area contributed by atoms with Crippen molar-refractivity contribution in [3.8, 4) is 0 Å². The summed E-state index contributed by atoms with van der Waals surface area (Å²) in [5, 5.41) is 0. The van der Waals surface area contributed by atoms with E-state index in [0.717, 1.165) is 11.0 Å². The first kappa shape index (κ1) is 13.2. The number of nitrogens with two attached hydrogens (primary N) is 1. The second-order valence-electron chi connectivity index (χ2n) is 4.73. The smallest absolute Gasteiger partial charge is 0.355 e. The highest BCUT2D eigenvalue weighted by Crippen LogP contribution is 2.21. The van der Waals surface area contributed by atoms with Gasteiger partial charge in [-0.15, -0.1) is 0 Å². The van der Waals surface area contributed by atoms with Gasteiger partial charge in [0.25, 0.3) is 0 Å². The zero-order chi connectivity index (χ0) is 14.2. The lowest BCUT2D eigenvalue weighted by molar-refractivity contribution is -0.118.